The highest BCUT2D eigenvalue weighted by Gasteiger charge is 2.35. The summed E-state index contributed by atoms with van der Waals surface area (Å²) in [5.41, 5.74) is 0.601. The van der Waals surface area contributed by atoms with Gasteiger partial charge in [-0.05, 0) is 57.1 Å². The number of furan rings is 1. The number of amides is 4. The van der Waals surface area contributed by atoms with Gasteiger partial charge in [-0.2, -0.15) is 0 Å². The zero-order valence-corrected chi connectivity index (χ0v) is 22.4. The maximum Gasteiger partial charge on any atom is 0.317 e. The lowest BCUT2D eigenvalue weighted by atomic mass is 10.0. The van der Waals surface area contributed by atoms with Gasteiger partial charge in [0.05, 0.1) is 18.7 Å². The molecule has 2 saturated heterocycles. The van der Waals surface area contributed by atoms with Gasteiger partial charge in [0.15, 0.2) is 5.76 Å². The van der Waals surface area contributed by atoms with E-state index in [9.17, 15) is 19.5 Å². The van der Waals surface area contributed by atoms with Crippen LogP contribution in [0.5, 0.6) is 0 Å². The summed E-state index contributed by atoms with van der Waals surface area (Å²) in [7, 11) is 0. The van der Waals surface area contributed by atoms with Crippen molar-refractivity contribution in [2.75, 3.05) is 19.8 Å². The number of nitrogens with zero attached hydrogens (tertiary/aromatic N) is 1. The third kappa shape index (κ3) is 7.05. The number of β-amino-alcohol motifs (C(OH)–C–C–N with tert-alkyl or cyclic N) is 1. The zero-order valence-electron chi connectivity index (χ0n) is 22.4. The summed E-state index contributed by atoms with van der Waals surface area (Å²) < 4.78 is 11.0. The van der Waals surface area contributed by atoms with Crippen molar-refractivity contribution in [2.24, 2.45) is 5.92 Å². The van der Waals surface area contributed by atoms with Crippen molar-refractivity contribution in [3.05, 3.63) is 36.1 Å². The molecule has 0 aliphatic carbocycles. The third-order valence-corrected chi connectivity index (χ3v) is 7.39. The zero-order chi connectivity index (χ0) is 27.2. The Balaban J connectivity index is 1.38. The fourth-order valence-electron chi connectivity index (χ4n) is 5.14. The fraction of sp³-hybridized carbons (Fsp3) is 0.607. The Morgan fingerprint density at radius 3 is 2.53 bits per heavy atom. The Kier molecular flexibility index (Phi) is 9.27. The Morgan fingerprint density at radius 2 is 1.82 bits per heavy atom. The molecule has 0 saturated carbocycles. The van der Waals surface area contributed by atoms with Gasteiger partial charge in [0.2, 0.25) is 5.91 Å². The molecule has 0 bridgehead atoms. The number of hydrogen-bond acceptors (Lipinski definition) is 6. The second kappa shape index (κ2) is 12.6. The van der Waals surface area contributed by atoms with E-state index < -0.39 is 24.1 Å². The predicted molar refractivity (Wildman–Crippen MR) is 143 cm³/mol. The maximum atomic E-state index is 13.3. The second-order valence-corrected chi connectivity index (χ2v) is 10.9. The minimum atomic E-state index is -0.935. The minimum absolute atomic E-state index is 0.0616. The number of rotatable bonds is 7. The van der Waals surface area contributed by atoms with Gasteiger partial charge in [0, 0.05) is 30.7 Å². The van der Waals surface area contributed by atoms with Crippen molar-refractivity contribution in [3.63, 3.8) is 0 Å². The molecule has 4 amide bonds. The van der Waals surface area contributed by atoms with Gasteiger partial charge in [0.1, 0.15) is 11.6 Å². The van der Waals surface area contributed by atoms with E-state index >= 15 is 0 Å². The molecule has 38 heavy (non-hydrogen) atoms. The van der Waals surface area contributed by atoms with Crippen LogP contribution in [0.15, 0.2) is 34.7 Å². The quantitative estimate of drug-likeness (QED) is 0.437. The average molecular weight is 529 g/mol. The molecule has 10 nitrogen and oxygen atoms in total. The molecule has 2 fully saturated rings. The first-order valence-electron chi connectivity index (χ1n) is 13.6. The molecule has 2 aliphatic rings. The molecule has 10 heteroatoms. The molecule has 2 aromatic rings. The van der Waals surface area contributed by atoms with E-state index in [0.717, 1.165) is 18.2 Å². The van der Waals surface area contributed by atoms with Crippen LogP contribution in [-0.4, -0.2) is 77.9 Å². The third-order valence-electron chi connectivity index (χ3n) is 7.39. The van der Waals surface area contributed by atoms with Crippen LogP contribution < -0.4 is 16.0 Å². The van der Waals surface area contributed by atoms with E-state index in [0.29, 0.717) is 38.1 Å². The highest BCUT2D eigenvalue weighted by molar-refractivity contribution is 5.98. The number of fused-ring (bicyclic) bond motifs is 1. The van der Waals surface area contributed by atoms with Crippen molar-refractivity contribution in [1.82, 2.24) is 20.9 Å². The molecule has 208 valence electrons. The van der Waals surface area contributed by atoms with Crippen LogP contribution in [0.3, 0.4) is 0 Å². The van der Waals surface area contributed by atoms with Crippen molar-refractivity contribution in [2.45, 2.75) is 83.1 Å². The number of hydrogen-bond donors (Lipinski definition) is 4. The van der Waals surface area contributed by atoms with Crippen LogP contribution in [0.25, 0.3) is 11.0 Å². The van der Waals surface area contributed by atoms with Crippen LogP contribution in [0.1, 0.15) is 63.4 Å². The number of aliphatic hydroxyl groups is 1. The number of nitrogens with one attached hydrogen (secondary N) is 3. The van der Waals surface area contributed by atoms with Crippen molar-refractivity contribution in [3.8, 4) is 0 Å². The number of likely N-dealkylation sites (tertiary alicyclic amines) is 1. The molecule has 3 heterocycles. The van der Waals surface area contributed by atoms with Crippen LogP contribution in [0.4, 0.5) is 4.79 Å². The Morgan fingerprint density at radius 1 is 1.08 bits per heavy atom. The number of benzene rings is 1. The number of aliphatic hydroxyl groups excluding tert-OH is 1. The fourth-order valence-corrected chi connectivity index (χ4v) is 5.14. The minimum Gasteiger partial charge on any atom is -0.451 e. The first-order valence-corrected chi connectivity index (χ1v) is 13.6. The summed E-state index contributed by atoms with van der Waals surface area (Å²) in [6.07, 6.45) is 2.18. The van der Waals surface area contributed by atoms with Gasteiger partial charge in [0.25, 0.3) is 5.91 Å². The summed E-state index contributed by atoms with van der Waals surface area (Å²) in [5, 5.41) is 20.6. The monoisotopic (exact) mass is 528 g/mol. The molecular weight excluding hydrogens is 488 g/mol. The second-order valence-electron chi connectivity index (χ2n) is 10.9. The summed E-state index contributed by atoms with van der Waals surface area (Å²) in [4.78, 5) is 40.9. The van der Waals surface area contributed by atoms with Gasteiger partial charge >= 0.3 is 6.03 Å². The SMILES string of the molecule is CC(C)C[C@H](NC(=O)c1cc2ccccc2o1)C(=O)N[C@H]1CC[C@@H](C)N(C(=O)NC2CCOCC2)C[C@@H]1O. The number of ether oxygens (including phenoxy) is 1. The predicted octanol–water partition coefficient (Wildman–Crippen LogP) is 2.80. The molecule has 0 unspecified atom stereocenters. The molecule has 4 atom stereocenters. The first-order chi connectivity index (χ1) is 18.2. The van der Waals surface area contributed by atoms with E-state index in [2.05, 4.69) is 16.0 Å². The van der Waals surface area contributed by atoms with Gasteiger partial charge in [-0.3, -0.25) is 9.59 Å². The molecule has 4 rings (SSSR count). The Labute approximate surface area is 223 Å². The van der Waals surface area contributed by atoms with Crippen molar-refractivity contribution >= 4 is 28.8 Å². The van der Waals surface area contributed by atoms with Crippen LogP contribution in [0, 0.1) is 5.92 Å². The van der Waals surface area contributed by atoms with Gasteiger partial charge in [-0.1, -0.05) is 32.0 Å². The highest BCUT2D eigenvalue weighted by Crippen LogP contribution is 2.21. The Hall–Kier alpha value is -3.11. The number of carbonyl (C=O) groups excluding carboxylic acids is 3. The van der Waals surface area contributed by atoms with Crippen LogP contribution >= 0.6 is 0 Å². The molecular formula is C28H40N4O6. The summed E-state index contributed by atoms with van der Waals surface area (Å²) in [6, 6.07) is 7.43. The number of urea groups is 1. The van der Waals surface area contributed by atoms with E-state index in [-0.39, 0.29) is 42.2 Å². The molecule has 0 spiro atoms. The maximum absolute atomic E-state index is 13.3. The van der Waals surface area contributed by atoms with Crippen molar-refractivity contribution < 1.29 is 28.6 Å². The lowest BCUT2D eigenvalue weighted by Gasteiger charge is -2.32. The van der Waals surface area contributed by atoms with E-state index in [1.54, 1.807) is 17.0 Å². The average Bonchev–Trinajstić information content (AvgIpc) is 3.28. The number of para-hydroxylation sites is 1. The summed E-state index contributed by atoms with van der Waals surface area (Å²) >= 11 is 0. The van der Waals surface area contributed by atoms with E-state index in [1.165, 1.54) is 0 Å². The van der Waals surface area contributed by atoms with E-state index in [1.807, 2.05) is 39.0 Å². The standard InChI is InChI=1S/C28H40N4O6/c1-17(2)14-22(31-27(35)25-15-19-6-4-5-7-24(19)38-25)26(34)30-21-9-8-18(3)32(16-23(21)33)28(36)29-20-10-12-37-13-11-20/h4-7,15,17-18,20-23,33H,8-14,16H2,1-3H3,(H,29,36)(H,30,34)(H,31,35)/t18-,21+,22+,23+/m1/s1. The first kappa shape index (κ1) is 27.9. The van der Waals surface area contributed by atoms with E-state index in [4.69, 9.17) is 9.15 Å². The molecule has 4 N–H and O–H groups in total. The topological polar surface area (TPSA) is 133 Å². The normalized spacial score (nSPS) is 23.6. The Bertz CT molecular complexity index is 1080. The van der Waals surface area contributed by atoms with Gasteiger partial charge in [-0.25, -0.2) is 4.79 Å². The largest absolute Gasteiger partial charge is 0.451 e. The molecule has 1 aromatic carbocycles. The van der Waals surface area contributed by atoms with Crippen LogP contribution in [0.2, 0.25) is 0 Å². The van der Waals surface area contributed by atoms with Crippen LogP contribution in [-0.2, 0) is 9.53 Å². The van der Waals surface area contributed by atoms with Gasteiger partial charge < -0.3 is 35.1 Å². The van der Waals surface area contributed by atoms with Crippen molar-refractivity contribution in [1.29, 1.82) is 0 Å². The number of carbonyl (C=O) groups is 3. The lowest BCUT2D eigenvalue weighted by Crippen LogP contribution is -2.55. The lowest BCUT2D eigenvalue weighted by molar-refractivity contribution is -0.125. The molecule has 2 aliphatic heterocycles. The molecule has 1 aromatic heterocycles. The smallest absolute Gasteiger partial charge is 0.317 e. The molecule has 0 radical (unpaired) electrons. The highest BCUT2D eigenvalue weighted by atomic mass is 16.5. The summed E-state index contributed by atoms with van der Waals surface area (Å²) in [5.74, 6) is -0.541. The summed E-state index contributed by atoms with van der Waals surface area (Å²) in [6.45, 7) is 7.27. The van der Waals surface area contributed by atoms with Gasteiger partial charge in [-0.15, -0.1) is 0 Å².